The average Bonchev–Trinajstić information content (AvgIpc) is 3.16. The largest absolute Gasteiger partial charge is 0.352 e. The lowest BCUT2D eigenvalue weighted by Gasteiger charge is -2.12. The number of guanidine groups is 1. The lowest BCUT2D eigenvalue weighted by Crippen LogP contribution is -2.36. The Balaban J connectivity index is 0.00000243. The number of hydrogen-bond donors (Lipinski definition) is 2. The first-order valence-corrected chi connectivity index (χ1v) is 8.21. The Morgan fingerprint density at radius 3 is 2.62 bits per heavy atom. The molecule has 0 aliphatic heterocycles. The van der Waals surface area contributed by atoms with E-state index in [1.807, 2.05) is 30.7 Å². The summed E-state index contributed by atoms with van der Waals surface area (Å²) < 4.78 is 2.06. The van der Waals surface area contributed by atoms with Crippen molar-refractivity contribution in [3.63, 3.8) is 0 Å². The number of halogens is 1. The Kier molecular flexibility index (Phi) is 8.07. The normalized spacial score (nSPS) is 10.9. The van der Waals surface area contributed by atoms with Crippen LogP contribution in [-0.4, -0.2) is 27.5 Å². The minimum atomic E-state index is 0. The molecular formula is C19H23IN6. The van der Waals surface area contributed by atoms with Gasteiger partial charge in [0, 0.05) is 38.7 Å². The average molecular weight is 462 g/mol. The number of hydrogen-bond acceptors (Lipinski definition) is 3. The van der Waals surface area contributed by atoms with Crippen LogP contribution >= 0.6 is 24.0 Å². The molecule has 6 nitrogen and oxygen atoms in total. The third-order valence-corrected chi connectivity index (χ3v) is 3.76. The summed E-state index contributed by atoms with van der Waals surface area (Å²) in [6.07, 6.45) is 7.38. The van der Waals surface area contributed by atoms with E-state index in [1.165, 1.54) is 11.1 Å². The SMILES string of the molecule is CN=C(NCc1cccc(Cn2ccnc2)c1)NCc1ccccn1.I. The number of nitrogens with zero attached hydrogens (tertiary/aromatic N) is 4. The van der Waals surface area contributed by atoms with Gasteiger partial charge in [0.05, 0.1) is 18.6 Å². The van der Waals surface area contributed by atoms with Crippen LogP contribution in [0, 0.1) is 0 Å². The van der Waals surface area contributed by atoms with Crippen LogP contribution in [0.2, 0.25) is 0 Å². The zero-order valence-corrected chi connectivity index (χ0v) is 17.0. The first kappa shape index (κ1) is 19.9. The van der Waals surface area contributed by atoms with Gasteiger partial charge in [-0.15, -0.1) is 24.0 Å². The number of aliphatic imine (C=N–C) groups is 1. The van der Waals surface area contributed by atoms with Crippen LogP contribution in [0.3, 0.4) is 0 Å². The van der Waals surface area contributed by atoms with Crippen molar-refractivity contribution in [2.75, 3.05) is 7.05 Å². The number of rotatable bonds is 6. The fourth-order valence-electron chi connectivity index (χ4n) is 2.51. The van der Waals surface area contributed by atoms with E-state index in [1.54, 1.807) is 19.4 Å². The Morgan fingerprint density at radius 1 is 1.04 bits per heavy atom. The Hall–Kier alpha value is -2.42. The summed E-state index contributed by atoms with van der Waals surface area (Å²) in [6, 6.07) is 14.4. The Bertz CT molecular complexity index is 802. The van der Waals surface area contributed by atoms with E-state index in [0.29, 0.717) is 13.1 Å². The third kappa shape index (κ3) is 6.14. The number of imidazole rings is 1. The molecule has 2 aromatic heterocycles. The zero-order valence-electron chi connectivity index (χ0n) is 14.7. The predicted octanol–water partition coefficient (Wildman–Crippen LogP) is 2.81. The second-order valence-electron chi connectivity index (χ2n) is 5.66. The van der Waals surface area contributed by atoms with E-state index < -0.39 is 0 Å². The lowest BCUT2D eigenvalue weighted by atomic mass is 10.1. The van der Waals surface area contributed by atoms with Crippen LogP contribution in [-0.2, 0) is 19.6 Å². The summed E-state index contributed by atoms with van der Waals surface area (Å²) >= 11 is 0. The highest BCUT2D eigenvalue weighted by Crippen LogP contribution is 2.07. The highest BCUT2D eigenvalue weighted by molar-refractivity contribution is 14.0. The summed E-state index contributed by atoms with van der Waals surface area (Å²) in [5.74, 6) is 0.755. The van der Waals surface area contributed by atoms with Gasteiger partial charge in [-0.2, -0.15) is 0 Å². The molecule has 0 aliphatic carbocycles. The second-order valence-corrected chi connectivity index (χ2v) is 5.66. The molecule has 0 spiro atoms. The molecule has 2 heterocycles. The molecule has 0 atom stereocenters. The number of pyridine rings is 1. The minimum Gasteiger partial charge on any atom is -0.352 e. The maximum Gasteiger partial charge on any atom is 0.191 e. The molecule has 2 N–H and O–H groups in total. The van der Waals surface area contributed by atoms with Gasteiger partial charge in [0.25, 0.3) is 0 Å². The Morgan fingerprint density at radius 2 is 1.88 bits per heavy atom. The van der Waals surface area contributed by atoms with Crippen LogP contribution in [0.15, 0.2) is 72.4 Å². The van der Waals surface area contributed by atoms with Crippen molar-refractivity contribution in [3.8, 4) is 0 Å². The monoisotopic (exact) mass is 462 g/mol. The van der Waals surface area contributed by atoms with Gasteiger partial charge in [-0.3, -0.25) is 9.98 Å². The van der Waals surface area contributed by atoms with Crippen molar-refractivity contribution in [1.82, 2.24) is 25.2 Å². The van der Waals surface area contributed by atoms with Gasteiger partial charge >= 0.3 is 0 Å². The van der Waals surface area contributed by atoms with Crippen molar-refractivity contribution in [2.24, 2.45) is 4.99 Å². The van der Waals surface area contributed by atoms with E-state index in [9.17, 15) is 0 Å². The van der Waals surface area contributed by atoms with Crippen LogP contribution in [0.4, 0.5) is 0 Å². The number of benzene rings is 1. The summed E-state index contributed by atoms with van der Waals surface area (Å²) in [5, 5.41) is 6.60. The molecular weight excluding hydrogens is 439 g/mol. The lowest BCUT2D eigenvalue weighted by molar-refractivity contribution is 0.782. The molecule has 0 amide bonds. The molecule has 0 saturated carbocycles. The first-order valence-electron chi connectivity index (χ1n) is 8.21. The van der Waals surface area contributed by atoms with Crippen molar-refractivity contribution in [3.05, 3.63) is 84.2 Å². The molecule has 0 fully saturated rings. The minimum absolute atomic E-state index is 0. The van der Waals surface area contributed by atoms with E-state index in [2.05, 4.69) is 54.4 Å². The zero-order chi connectivity index (χ0) is 17.3. The summed E-state index contributed by atoms with van der Waals surface area (Å²) in [6.45, 7) is 2.17. The third-order valence-electron chi connectivity index (χ3n) is 3.76. The maximum atomic E-state index is 4.30. The van der Waals surface area contributed by atoms with Crippen molar-refractivity contribution in [2.45, 2.75) is 19.6 Å². The molecule has 3 rings (SSSR count). The number of aromatic nitrogens is 3. The summed E-state index contributed by atoms with van der Waals surface area (Å²) in [7, 11) is 1.77. The molecule has 136 valence electrons. The smallest absolute Gasteiger partial charge is 0.191 e. The van der Waals surface area contributed by atoms with Crippen LogP contribution in [0.5, 0.6) is 0 Å². The molecule has 0 radical (unpaired) electrons. The highest BCUT2D eigenvalue weighted by atomic mass is 127. The number of nitrogens with one attached hydrogen (secondary N) is 2. The molecule has 3 aromatic rings. The molecule has 0 aliphatic rings. The molecule has 1 aromatic carbocycles. The van der Waals surface area contributed by atoms with Gasteiger partial charge in [-0.05, 0) is 23.3 Å². The predicted molar refractivity (Wildman–Crippen MR) is 114 cm³/mol. The van der Waals surface area contributed by atoms with Crippen LogP contribution in [0.1, 0.15) is 16.8 Å². The van der Waals surface area contributed by atoms with Gasteiger partial charge in [0.15, 0.2) is 5.96 Å². The van der Waals surface area contributed by atoms with Crippen molar-refractivity contribution in [1.29, 1.82) is 0 Å². The van der Waals surface area contributed by atoms with Crippen LogP contribution < -0.4 is 10.6 Å². The van der Waals surface area contributed by atoms with Gasteiger partial charge in [0.1, 0.15) is 0 Å². The second kappa shape index (κ2) is 10.5. The first-order chi connectivity index (χ1) is 12.3. The fourth-order valence-corrected chi connectivity index (χ4v) is 2.51. The highest BCUT2D eigenvalue weighted by Gasteiger charge is 2.01. The maximum absolute atomic E-state index is 4.30. The van der Waals surface area contributed by atoms with Crippen molar-refractivity contribution >= 4 is 29.9 Å². The van der Waals surface area contributed by atoms with E-state index in [0.717, 1.165) is 18.2 Å². The molecule has 0 saturated heterocycles. The van der Waals surface area contributed by atoms with Crippen LogP contribution in [0.25, 0.3) is 0 Å². The standard InChI is InChI=1S/C19H22N6.HI/c1-20-19(24-13-18-7-2-3-8-22-18)23-12-16-5-4-6-17(11-16)14-25-10-9-21-15-25;/h2-11,15H,12-14H2,1H3,(H2,20,23,24);1H. The molecule has 0 bridgehead atoms. The van der Waals surface area contributed by atoms with E-state index >= 15 is 0 Å². The molecule has 0 unspecified atom stereocenters. The molecule has 7 heteroatoms. The topological polar surface area (TPSA) is 67.1 Å². The van der Waals surface area contributed by atoms with E-state index in [4.69, 9.17) is 0 Å². The fraction of sp³-hybridized carbons (Fsp3) is 0.211. The van der Waals surface area contributed by atoms with E-state index in [-0.39, 0.29) is 24.0 Å². The summed E-state index contributed by atoms with van der Waals surface area (Å²) in [5.41, 5.74) is 3.43. The van der Waals surface area contributed by atoms with Gasteiger partial charge in [-0.25, -0.2) is 4.98 Å². The quantitative estimate of drug-likeness (QED) is 0.336. The van der Waals surface area contributed by atoms with Gasteiger partial charge in [-0.1, -0.05) is 30.3 Å². The van der Waals surface area contributed by atoms with Gasteiger partial charge in [0.2, 0.25) is 0 Å². The molecule has 26 heavy (non-hydrogen) atoms. The Labute approximate surface area is 170 Å². The van der Waals surface area contributed by atoms with Gasteiger partial charge < -0.3 is 15.2 Å². The van der Waals surface area contributed by atoms with Crippen molar-refractivity contribution < 1.29 is 0 Å². The summed E-state index contributed by atoms with van der Waals surface area (Å²) in [4.78, 5) is 12.6.